The molecule has 7 heteroatoms. The molecule has 0 spiro atoms. The molecule has 2 unspecified atom stereocenters. The van der Waals surface area contributed by atoms with E-state index in [4.69, 9.17) is 0 Å². The highest BCUT2D eigenvalue weighted by atomic mass is 16.2. The van der Waals surface area contributed by atoms with Crippen molar-refractivity contribution in [2.75, 3.05) is 49.1 Å². The summed E-state index contributed by atoms with van der Waals surface area (Å²) >= 11 is 0. The number of carbonyl (C=O) groups is 1. The second-order valence-corrected chi connectivity index (χ2v) is 7.60. The van der Waals surface area contributed by atoms with Gasteiger partial charge >= 0.3 is 6.03 Å². The van der Waals surface area contributed by atoms with Crippen molar-refractivity contribution in [3.63, 3.8) is 0 Å². The molecule has 1 aromatic rings. The highest BCUT2D eigenvalue weighted by molar-refractivity contribution is 5.76. The molecule has 0 aliphatic carbocycles. The molecule has 2 amide bonds. The van der Waals surface area contributed by atoms with Crippen LogP contribution in [0.5, 0.6) is 0 Å². The fraction of sp³-hybridized carbons (Fsp3) is 0.722. The molecular weight excluding hydrogens is 316 g/mol. The van der Waals surface area contributed by atoms with Crippen LogP contribution in [-0.2, 0) is 0 Å². The summed E-state index contributed by atoms with van der Waals surface area (Å²) in [6, 6.07) is 2.49. The molecule has 3 aliphatic heterocycles. The van der Waals surface area contributed by atoms with Gasteiger partial charge in [-0.05, 0) is 31.6 Å². The maximum atomic E-state index is 12.0. The molecule has 3 fully saturated rings. The third-order valence-electron chi connectivity index (χ3n) is 5.67. The van der Waals surface area contributed by atoms with Gasteiger partial charge in [0.25, 0.3) is 0 Å². The number of hydrogen-bond donors (Lipinski definition) is 1. The van der Waals surface area contributed by atoms with Crippen LogP contribution in [0, 0.1) is 5.92 Å². The maximum Gasteiger partial charge on any atom is 0.317 e. The molecule has 1 N–H and O–H groups in total. The van der Waals surface area contributed by atoms with E-state index in [-0.39, 0.29) is 12.1 Å². The van der Waals surface area contributed by atoms with E-state index in [0.717, 1.165) is 69.7 Å². The number of anilines is 2. The fourth-order valence-corrected chi connectivity index (χ4v) is 4.33. The van der Waals surface area contributed by atoms with Crippen LogP contribution in [0.25, 0.3) is 0 Å². The molecule has 3 saturated heterocycles. The van der Waals surface area contributed by atoms with Gasteiger partial charge < -0.3 is 20.0 Å². The van der Waals surface area contributed by atoms with Crippen LogP contribution in [-0.4, -0.2) is 66.2 Å². The zero-order chi connectivity index (χ0) is 17.2. The molecule has 0 bridgehead atoms. The normalized spacial score (nSPS) is 27.6. The summed E-state index contributed by atoms with van der Waals surface area (Å²) in [5.41, 5.74) is 0. The summed E-state index contributed by atoms with van der Waals surface area (Å²) in [7, 11) is 0. The van der Waals surface area contributed by atoms with Crippen molar-refractivity contribution < 1.29 is 4.79 Å². The second kappa shape index (κ2) is 7.06. The predicted octanol–water partition coefficient (Wildman–Crippen LogP) is 1.71. The lowest BCUT2D eigenvalue weighted by Gasteiger charge is -2.38. The highest BCUT2D eigenvalue weighted by Crippen LogP contribution is 2.26. The first-order chi connectivity index (χ1) is 12.2. The minimum Gasteiger partial charge on any atom is -0.356 e. The van der Waals surface area contributed by atoms with Gasteiger partial charge in [0, 0.05) is 45.3 Å². The van der Waals surface area contributed by atoms with E-state index in [1.54, 1.807) is 6.33 Å². The first-order valence-corrected chi connectivity index (χ1v) is 9.57. The molecule has 3 aliphatic rings. The summed E-state index contributed by atoms with van der Waals surface area (Å²) < 4.78 is 0. The lowest BCUT2D eigenvalue weighted by molar-refractivity contribution is 0.189. The Morgan fingerprint density at radius 3 is 2.44 bits per heavy atom. The van der Waals surface area contributed by atoms with Crippen LogP contribution < -0.4 is 15.1 Å². The monoisotopic (exact) mass is 344 g/mol. The van der Waals surface area contributed by atoms with Gasteiger partial charge in [0.1, 0.15) is 18.0 Å². The zero-order valence-electron chi connectivity index (χ0n) is 15.0. The van der Waals surface area contributed by atoms with E-state index >= 15 is 0 Å². The molecule has 0 aromatic carbocycles. The highest BCUT2D eigenvalue weighted by Gasteiger charge is 2.32. The topological polar surface area (TPSA) is 64.6 Å². The van der Waals surface area contributed by atoms with E-state index in [1.807, 2.05) is 4.90 Å². The van der Waals surface area contributed by atoms with Gasteiger partial charge in [-0.25, -0.2) is 14.8 Å². The summed E-state index contributed by atoms with van der Waals surface area (Å²) in [5, 5.41) is 2.91. The minimum absolute atomic E-state index is 0.0810. The average molecular weight is 344 g/mol. The molecule has 25 heavy (non-hydrogen) atoms. The number of amides is 2. The van der Waals surface area contributed by atoms with Crippen LogP contribution in [0.4, 0.5) is 16.4 Å². The molecule has 136 valence electrons. The van der Waals surface area contributed by atoms with Crippen LogP contribution in [0.2, 0.25) is 0 Å². The largest absolute Gasteiger partial charge is 0.356 e. The number of hydrogen-bond acceptors (Lipinski definition) is 5. The number of carbonyl (C=O) groups excluding carboxylic acids is 1. The Morgan fingerprint density at radius 1 is 1.04 bits per heavy atom. The van der Waals surface area contributed by atoms with E-state index in [9.17, 15) is 4.79 Å². The van der Waals surface area contributed by atoms with Gasteiger partial charge in [-0.3, -0.25) is 0 Å². The standard InChI is InChI=1S/C18H28N6O/c1-14-4-2-7-22(11-14)16-10-17(21-13-20-16)23-8-3-5-15(12-23)24-9-6-19-18(24)25/h10,13-15H,2-9,11-12H2,1H3,(H,19,25). The molecule has 0 saturated carbocycles. The summed E-state index contributed by atoms with van der Waals surface area (Å²) in [6.07, 6.45) is 6.40. The van der Waals surface area contributed by atoms with Crippen LogP contribution in [0.1, 0.15) is 32.6 Å². The molecule has 0 radical (unpaired) electrons. The quantitative estimate of drug-likeness (QED) is 0.904. The Balaban J connectivity index is 1.47. The number of urea groups is 1. The van der Waals surface area contributed by atoms with Crippen LogP contribution in [0.3, 0.4) is 0 Å². The molecule has 7 nitrogen and oxygen atoms in total. The summed E-state index contributed by atoms with van der Waals surface area (Å²) in [4.78, 5) is 27.7. The Labute approximate surface area is 149 Å². The molecule has 2 atom stereocenters. The molecule has 1 aromatic heterocycles. The van der Waals surface area contributed by atoms with Crippen molar-refractivity contribution in [1.29, 1.82) is 0 Å². The number of nitrogens with zero attached hydrogens (tertiary/aromatic N) is 5. The Hall–Kier alpha value is -2.05. The predicted molar refractivity (Wildman–Crippen MR) is 98.0 cm³/mol. The van der Waals surface area contributed by atoms with Gasteiger partial charge in [0.15, 0.2) is 0 Å². The Bertz CT molecular complexity index is 623. The number of nitrogens with one attached hydrogen (secondary N) is 1. The van der Waals surface area contributed by atoms with Crippen molar-refractivity contribution in [1.82, 2.24) is 20.2 Å². The molecule has 4 heterocycles. The smallest absolute Gasteiger partial charge is 0.317 e. The van der Waals surface area contributed by atoms with Gasteiger partial charge in [-0.1, -0.05) is 6.92 Å². The second-order valence-electron chi connectivity index (χ2n) is 7.60. The molecular formula is C18H28N6O. The number of rotatable bonds is 3. The van der Waals surface area contributed by atoms with Crippen molar-refractivity contribution in [3.8, 4) is 0 Å². The van der Waals surface area contributed by atoms with Gasteiger partial charge in [0.2, 0.25) is 0 Å². The number of piperidine rings is 2. The maximum absolute atomic E-state index is 12.0. The van der Waals surface area contributed by atoms with Gasteiger partial charge in [-0.15, -0.1) is 0 Å². The average Bonchev–Trinajstić information content (AvgIpc) is 3.08. The van der Waals surface area contributed by atoms with Gasteiger partial charge in [-0.2, -0.15) is 0 Å². The first-order valence-electron chi connectivity index (χ1n) is 9.57. The zero-order valence-corrected chi connectivity index (χ0v) is 15.0. The van der Waals surface area contributed by atoms with E-state index < -0.39 is 0 Å². The van der Waals surface area contributed by atoms with Crippen molar-refractivity contribution in [3.05, 3.63) is 12.4 Å². The van der Waals surface area contributed by atoms with Gasteiger partial charge in [0.05, 0.1) is 6.04 Å². The molecule has 4 rings (SSSR count). The van der Waals surface area contributed by atoms with Crippen LogP contribution >= 0.6 is 0 Å². The Morgan fingerprint density at radius 2 is 1.76 bits per heavy atom. The summed E-state index contributed by atoms with van der Waals surface area (Å²) in [6.45, 7) is 7.91. The third-order valence-corrected chi connectivity index (χ3v) is 5.67. The SMILES string of the molecule is CC1CCCN(c2cc(N3CCCC(N4CCNC4=O)C3)ncn2)C1. The first kappa shape index (κ1) is 16.4. The van der Waals surface area contributed by atoms with E-state index in [0.29, 0.717) is 0 Å². The Kier molecular flexibility index (Phi) is 4.63. The van der Waals surface area contributed by atoms with Crippen molar-refractivity contribution >= 4 is 17.7 Å². The summed E-state index contributed by atoms with van der Waals surface area (Å²) in [5.74, 6) is 2.75. The third kappa shape index (κ3) is 3.50. The van der Waals surface area contributed by atoms with Crippen molar-refractivity contribution in [2.45, 2.75) is 38.6 Å². The fourth-order valence-electron chi connectivity index (χ4n) is 4.33. The van der Waals surface area contributed by atoms with E-state index in [2.05, 4.69) is 38.1 Å². The number of aromatic nitrogens is 2. The van der Waals surface area contributed by atoms with Crippen molar-refractivity contribution in [2.24, 2.45) is 5.92 Å². The van der Waals surface area contributed by atoms with Crippen LogP contribution in [0.15, 0.2) is 12.4 Å². The minimum atomic E-state index is 0.0810. The van der Waals surface area contributed by atoms with E-state index in [1.165, 1.54) is 12.8 Å². The lowest BCUT2D eigenvalue weighted by Crippen LogP contribution is -2.49. The lowest BCUT2D eigenvalue weighted by atomic mass is 10.0.